The van der Waals surface area contributed by atoms with Crippen LogP contribution in [0, 0.1) is 0 Å². The highest BCUT2D eigenvalue weighted by atomic mass is 32.1. The lowest BCUT2D eigenvalue weighted by molar-refractivity contribution is -0.117. The smallest absolute Gasteiger partial charge is 0.240 e. The molecule has 0 aliphatic carbocycles. The molecule has 100 valence electrons. The van der Waals surface area contributed by atoms with Crippen LogP contribution in [0.25, 0.3) is 0 Å². The Labute approximate surface area is 117 Å². The molecule has 0 saturated heterocycles. The van der Waals surface area contributed by atoms with Crippen LogP contribution in [0.5, 0.6) is 0 Å². The second-order valence-corrected chi connectivity index (χ2v) is 5.28. The molecule has 5 heteroatoms. The van der Waals surface area contributed by atoms with Crippen LogP contribution in [0.2, 0.25) is 0 Å². The molecule has 0 spiro atoms. The highest BCUT2D eigenvalue weighted by Gasteiger charge is 2.15. The summed E-state index contributed by atoms with van der Waals surface area (Å²) >= 11 is 1.42. The number of nitrogens with zero attached hydrogens (tertiary/aromatic N) is 2. The van der Waals surface area contributed by atoms with E-state index in [0.29, 0.717) is 11.7 Å². The first-order valence-corrected chi connectivity index (χ1v) is 6.99. The first-order valence-electron chi connectivity index (χ1n) is 6.11. The number of nitrogens with one attached hydrogen (secondary N) is 1. The van der Waals surface area contributed by atoms with Gasteiger partial charge >= 0.3 is 0 Å². The van der Waals surface area contributed by atoms with Crippen LogP contribution < -0.4 is 5.32 Å². The Balaban J connectivity index is 1.90. The summed E-state index contributed by atoms with van der Waals surface area (Å²) in [6, 6.07) is 10.3. The Kier molecular flexibility index (Phi) is 4.65. The summed E-state index contributed by atoms with van der Waals surface area (Å²) < 4.78 is 0. The lowest BCUT2D eigenvalue weighted by Gasteiger charge is -2.24. The van der Waals surface area contributed by atoms with Gasteiger partial charge in [0, 0.05) is 17.6 Å². The number of benzene rings is 1. The van der Waals surface area contributed by atoms with Crippen molar-refractivity contribution in [1.29, 1.82) is 0 Å². The SMILES string of the molecule is C[C@H](c1ccccc1)N(C)CC(=O)Nc1nccs1. The largest absolute Gasteiger partial charge is 0.301 e. The molecule has 4 nitrogen and oxygen atoms in total. The van der Waals surface area contributed by atoms with Crippen LogP contribution in [-0.2, 0) is 4.79 Å². The summed E-state index contributed by atoms with van der Waals surface area (Å²) in [6.07, 6.45) is 1.68. The van der Waals surface area contributed by atoms with E-state index in [1.165, 1.54) is 16.9 Å². The van der Waals surface area contributed by atoms with Gasteiger partial charge in [0.1, 0.15) is 0 Å². The summed E-state index contributed by atoms with van der Waals surface area (Å²) in [5.74, 6) is -0.0415. The molecular weight excluding hydrogens is 258 g/mol. The number of carbonyl (C=O) groups excluding carboxylic acids is 1. The number of rotatable bonds is 5. The van der Waals surface area contributed by atoms with Crippen molar-refractivity contribution in [2.75, 3.05) is 18.9 Å². The van der Waals surface area contributed by atoms with Crippen LogP contribution in [0.15, 0.2) is 41.9 Å². The normalized spacial score (nSPS) is 12.4. The Morgan fingerprint density at radius 3 is 2.79 bits per heavy atom. The van der Waals surface area contributed by atoms with E-state index in [9.17, 15) is 4.79 Å². The summed E-state index contributed by atoms with van der Waals surface area (Å²) in [6.45, 7) is 2.43. The van der Waals surface area contributed by atoms with E-state index < -0.39 is 0 Å². The molecule has 0 radical (unpaired) electrons. The number of thiazole rings is 1. The number of carbonyl (C=O) groups is 1. The van der Waals surface area contributed by atoms with Gasteiger partial charge in [-0.05, 0) is 19.5 Å². The van der Waals surface area contributed by atoms with Crippen molar-refractivity contribution in [3.8, 4) is 0 Å². The summed E-state index contributed by atoms with van der Waals surface area (Å²) in [4.78, 5) is 17.9. The predicted molar refractivity (Wildman–Crippen MR) is 78.2 cm³/mol. The number of anilines is 1. The molecule has 0 bridgehead atoms. The van der Waals surface area contributed by atoms with Crippen LogP contribution in [0.4, 0.5) is 5.13 Å². The van der Waals surface area contributed by atoms with E-state index in [0.717, 1.165) is 0 Å². The molecule has 1 aromatic heterocycles. The molecule has 1 heterocycles. The summed E-state index contributed by atoms with van der Waals surface area (Å²) in [5.41, 5.74) is 1.20. The van der Waals surface area contributed by atoms with Gasteiger partial charge in [-0.2, -0.15) is 0 Å². The van der Waals surface area contributed by atoms with Crippen molar-refractivity contribution in [3.05, 3.63) is 47.5 Å². The lowest BCUT2D eigenvalue weighted by atomic mass is 10.1. The van der Waals surface area contributed by atoms with Gasteiger partial charge in [0.15, 0.2) is 5.13 Å². The van der Waals surface area contributed by atoms with E-state index in [-0.39, 0.29) is 11.9 Å². The monoisotopic (exact) mass is 275 g/mol. The van der Waals surface area contributed by atoms with Crippen molar-refractivity contribution >= 4 is 22.4 Å². The van der Waals surface area contributed by atoms with Gasteiger partial charge in [-0.1, -0.05) is 30.3 Å². The van der Waals surface area contributed by atoms with Crippen molar-refractivity contribution in [2.24, 2.45) is 0 Å². The number of likely N-dealkylation sites (N-methyl/N-ethyl adjacent to an activating group) is 1. The number of hydrogen-bond donors (Lipinski definition) is 1. The molecule has 19 heavy (non-hydrogen) atoms. The minimum Gasteiger partial charge on any atom is -0.301 e. The fourth-order valence-corrected chi connectivity index (χ4v) is 2.34. The zero-order chi connectivity index (χ0) is 13.7. The Morgan fingerprint density at radius 2 is 2.16 bits per heavy atom. The van der Waals surface area contributed by atoms with Crippen molar-refractivity contribution in [2.45, 2.75) is 13.0 Å². The lowest BCUT2D eigenvalue weighted by Crippen LogP contribution is -2.32. The Morgan fingerprint density at radius 1 is 1.42 bits per heavy atom. The van der Waals surface area contributed by atoms with Gasteiger partial charge in [0.25, 0.3) is 0 Å². The molecule has 2 aromatic rings. The van der Waals surface area contributed by atoms with Gasteiger partial charge in [0.05, 0.1) is 6.54 Å². The van der Waals surface area contributed by atoms with E-state index in [4.69, 9.17) is 0 Å². The minimum absolute atomic E-state index is 0.0415. The first-order chi connectivity index (χ1) is 9.16. The van der Waals surface area contributed by atoms with E-state index >= 15 is 0 Å². The molecule has 1 aromatic carbocycles. The molecule has 0 aliphatic rings. The molecule has 0 saturated carbocycles. The molecule has 1 amide bonds. The Bertz CT molecular complexity index is 513. The molecule has 1 atom stereocenters. The van der Waals surface area contributed by atoms with Crippen LogP contribution in [0.1, 0.15) is 18.5 Å². The van der Waals surface area contributed by atoms with Crippen LogP contribution >= 0.6 is 11.3 Å². The quantitative estimate of drug-likeness (QED) is 0.912. The van der Waals surface area contributed by atoms with E-state index in [1.807, 2.05) is 35.5 Å². The standard InChI is InChI=1S/C14H17N3OS/c1-11(12-6-4-3-5-7-12)17(2)10-13(18)16-14-15-8-9-19-14/h3-9,11H,10H2,1-2H3,(H,15,16,18)/t11-/m1/s1. The predicted octanol–water partition coefficient (Wildman–Crippen LogP) is 2.77. The van der Waals surface area contributed by atoms with Gasteiger partial charge in [0.2, 0.25) is 5.91 Å². The maximum absolute atomic E-state index is 11.9. The van der Waals surface area contributed by atoms with Gasteiger partial charge < -0.3 is 5.32 Å². The second kappa shape index (κ2) is 6.45. The third-order valence-corrected chi connectivity index (χ3v) is 3.70. The van der Waals surface area contributed by atoms with Crippen molar-refractivity contribution in [3.63, 3.8) is 0 Å². The molecule has 2 rings (SSSR count). The fraction of sp³-hybridized carbons (Fsp3) is 0.286. The maximum Gasteiger partial charge on any atom is 0.240 e. The summed E-state index contributed by atoms with van der Waals surface area (Å²) in [5, 5.41) is 5.27. The average molecular weight is 275 g/mol. The van der Waals surface area contributed by atoms with Gasteiger partial charge in [-0.3, -0.25) is 9.69 Å². The minimum atomic E-state index is -0.0415. The third-order valence-electron chi connectivity index (χ3n) is 3.01. The highest BCUT2D eigenvalue weighted by Crippen LogP contribution is 2.18. The highest BCUT2D eigenvalue weighted by molar-refractivity contribution is 7.13. The molecule has 0 aliphatic heterocycles. The molecular formula is C14H17N3OS. The van der Waals surface area contributed by atoms with Crippen molar-refractivity contribution in [1.82, 2.24) is 9.88 Å². The Hall–Kier alpha value is -1.72. The van der Waals surface area contributed by atoms with Crippen LogP contribution in [-0.4, -0.2) is 29.4 Å². The van der Waals surface area contributed by atoms with Crippen molar-refractivity contribution < 1.29 is 4.79 Å². The fourth-order valence-electron chi connectivity index (χ4n) is 1.79. The molecule has 1 N–H and O–H groups in total. The third kappa shape index (κ3) is 3.87. The van der Waals surface area contributed by atoms with E-state index in [1.54, 1.807) is 6.20 Å². The topological polar surface area (TPSA) is 45.2 Å². The maximum atomic E-state index is 11.9. The second-order valence-electron chi connectivity index (χ2n) is 4.39. The molecule has 0 fully saturated rings. The van der Waals surface area contributed by atoms with Gasteiger partial charge in [-0.25, -0.2) is 4.98 Å². The number of aromatic nitrogens is 1. The average Bonchev–Trinajstić information content (AvgIpc) is 2.91. The van der Waals surface area contributed by atoms with Crippen LogP contribution in [0.3, 0.4) is 0 Å². The summed E-state index contributed by atoms with van der Waals surface area (Å²) in [7, 11) is 1.94. The zero-order valence-corrected chi connectivity index (χ0v) is 11.9. The van der Waals surface area contributed by atoms with E-state index in [2.05, 4.69) is 29.4 Å². The van der Waals surface area contributed by atoms with Gasteiger partial charge in [-0.15, -0.1) is 11.3 Å². The first kappa shape index (κ1) is 13.7. The number of amides is 1. The zero-order valence-electron chi connectivity index (χ0n) is 11.0. The molecule has 0 unspecified atom stereocenters. The number of hydrogen-bond acceptors (Lipinski definition) is 4.